The van der Waals surface area contributed by atoms with Crippen LogP contribution in [0.4, 0.5) is 0 Å². The highest BCUT2D eigenvalue weighted by atomic mass is 16.5. The Morgan fingerprint density at radius 2 is 1.94 bits per heavy atom. The van der Waals surface area contributed by atoms with E-state index >= 15 is 0 Å². The highest BCUT2D eigenvalue weighted by Crippen LogP contribution is 2.27. The third-order valence-electron chi connectivity index (χ3n) is 2.61. The molecule has 0 radical (unpaired) electrons. The number of nitrogens with zero attached hydrogens (tertiary/aromatic N) is 1. The van der Waals surface area contributed by atoms with Crippen LogP contribution in [-0.4, -0.2) is 10.1 Å². The zero-order valence-electron chi connectivity index (χ0n) is 9.76. The van der Waals surface area contributed by atoms with Gasteiger partial charge in [-0.25, -0.2) is 0 Å². The monoisotopic (exact) mass is 229 g/mol. The summed E-state index contributed by atoms with van der Waals surface area (Å²) in [6.07, 6.45) is 4.17. The molecule has 0 unspecified atom stereocenters. The number of aliphatic hydroxyl groups excluding tert-OH is 1. The van der Waals surface area contributed by atoms with Crippen LogP contribution >= 0.6 is 0 Å². The largest absolute Gasteiger partial charge is 0.455 e. The van der Waals surface area contributed by atoms with Crippen molar-refractivity contribution in [2.45, 2.75) is 20.0 Å². The van der Waals surface area contributed by atoms with Gasteiger partial charge in [-0.2, -0.15) is 0 Å². The molecule has 1 aromatic heterocycles. The average Bonchev–Trinajstić information content (AvgIpc) is 2.40. The molecule has 0 aliphatic carbocycles. The second kappa shape index (κ2) is 5.46. The zero-order valence-corrected chi connectivity index (χ0v) is 9.76. The highest BCUT2D eigenvalue weighted by molar-refractivity contribution is 5.39. The Hall–Kier alpha value is -1.87. The Kier molecular flexibility index (Phi) is 3.73. The quantitative estimate of drug-likeness (QED) is 0.876. The minimum atomic E-state index is -0.0495. The first-order valence-corrected chi connectivity index (χ1v) is 5.64. The molecule has 0 amide bonds. The van der Waals surface area contributed by atoms with Crippen molar-refractivity contribution in [1.82, 2.24) is 4.98 Å². The molecule has 3 nitrogen and oxygen atoms in total. The van der Waals surface area contributed by atoms with Gasteiger partial charge in [0.2, 0.25) is 0 Å². The molecule has 17 heavy (non-hydrogen) atoms. The first-order chi connectivity index (χ1) is 8.35. The van der Waals surface area contributed by atoms with E-state index < -0.39 is 0 Å². The number of ether oxygens (including phenoxy) is 1. The predicted octanol–water partition coefficient (Wildman–Crippen LogP) is 2.93. The maximum Gasteiger partial charge on any atom is 0.151 e. The Morgan fingerprint density at radius 1 is 1.12 bits per heavy atom. The lowest BCUT2D eigenvalue weighted by atomic mass is 10.1. The number of pyridine rings is 1. The molecule has 1 N–H and O–H groups in total. The van der Waals surface area contributed by atoms with E-state index in [0.29, 0.717) is 5.75 Å². The fourth-order valence-electron chi connectivity index (χ4n) is 1.65. The third kappa shape index (κ3) is 2.63. The van der Waals surface area contributed by atoms with Gasteiger partial charge in [-0.1, -0.05) is 25.1 Å². The summed E-state index contributed by atoms with van der Waals surface area (Å²) in [6, 6.07) is 9.63. The van der Waals surface area contributed by atoms with Crippen molar-refractivity contribution >= 4 is 0 Å². The Labute approximate surface area is 101 Å². The van der Waals surface area contributed by atoms with Gasteiger partial charge < -0.3 is 9.84 Å². The molecule has 2 aromatic rings. The van der Waals surface area contributed by atoms with Crippen molar-refractivity contribution < 1.29 is 9.84 Å². The average molecular weight is 229 g/mol. The molecule has 0 aliphatic heterocycles. The van der Waals surface area contributed by atoms with Crippen molar-refractivity contribution in [3.8, 4) is 11.5 Å². The summed E-state index contributed by atoms with van der Waals surface area (Å²) in [5.74, 6) is 1.42. The van der Waals surface area contributed by atoms with Gasteiger partial charge in [-0.05, 0) is 24.1 Å². The number of aryl methyl sites for hydroxylation is 1. The highest BCUT2D eigenvalue weighted by Gasteiger charge is 2.06. The fraction of sp³-hybridized carbons (Fsp3) is 0.214. The lowest BCUT2D eigenvalue weighted by molar-refractivity contribution is 0.276. The molecule has 3 heteroatoms. The van der Waals surface area contributed by atoms with Crippen molar-refractivity contribution in [1.29, 1.82) is 0 Å². The second-order valence-electron chi connectivity index (χ2n) is 3.70. The summed E-state index contributed by atoms with van der Waals surface area (Å²) in [4.78, 5) is 4.01. The molecule has 0 saturated heterocycles. The number of aliphatic hydroxyl groups is 1. The fourth-order valence-corrected chi connectivity index (χ4v) is 1.65. The van der Waals surface area contributed by atoms with E-state index in [0.717, 1.165) is 23.3 Å². The van der Waals surface area contributed by atoms with Crippen LogP contribution in [0.2, 0.25) is 0 Å². The van der Waals surface area contributed by atoms with E-state index in [1.807, 2.05) is 24.3 Å². The smallest absolute Gasteiger partial charge is 0.151 e. The van der Waals surface area contributed by atoms with Crippen LogP contribution in [0.25, 0.3) is 0 Å². The topological polar surface area (TPSA) is 42.4 Å². The minimum Gasteiger partial charge on any atom is -0.455 e. The Morgan fingerprint density at radius 3 is 2.71 bits per heavy atom. The van der Waals surface area contributed by atoms with E-state index in [1.54, 1.807) is 18.5 Å². The number of aromatic nitrogens is 1. The molecule has 0 atom stereocenters. The van der Waals surface area contributed by atoms with E-state index in [1.165, 1.54) is 0 Å². The number of benzene rings is 1. The van der Waals surface area contributed by atoms with Gasteiger partial charge in [0.15, 0.2) is 5.75 Å². The molecular formula is C14H15NO2. The van der Waals surface area contributed by atoms with Gasteiger partial charge >= 0.3 is 0 Å². The Balaban J connectivity index is 2.31. The first-order valence-electron chi connectivity index (χ1n) is 5.64. The van der Waals surface area contributed by atoms with Crippen LogP contribution in [0.1, 0.15) is 18.1 Å². The predicted molar refractivity (Wildman–Crippen MR) is 66.1 cm³/mol. The molecule has 2 rings (SSSR count). The SMILES string of the molecule is CCc1ccccc1Oc1cnccc1CO. The zero-order chi connectivity index (χ0) is 12.1. The maximum atomic E-state index is 9.22. The van der Waals surface area contributed by atoms with Crippen molar-refractivity contribution in [3.63, 3.8) is 0 Å². The normalized spacial score (nSPS) is 10.2. The van der Waals surface area contributed by atoms with Gasteiger partial charge in [0.1, 0.15) is 5.75 Å². The van der Waals surface area contributed by atoms with E-state index in [2.05, 4.69) is 11.9 Å². The molecular weight excluding hydrogens is 214 g/mol. The standard InChI is InChI=1S/C14H15NO2/c1-2-11-5-3-4-6-13(11)17-14-9-15-8-7-12(14)10-16/h3-9,16H,2,10H2,1H3. The summed E-state index contributed by atoms with van der Waals surface area (Å²) in [7, 11) is 0. The maximum absolute atomic E-state index is 9.22. The third-order valence-corrected chi connectivity index (χ3v) is 2.61. The van der Waals surface area contributed by atoms with Gasteiger partial charge in [0.25, 0.3) is 0 Å². The van der Waals surface area contributed by atoms with Crippen molar-refractivity contribution in [2.24, 2.45) is 0 Å². The van der Waals surface area contributed by atoms with Gasteiger partial charge in [-0.3, -0.25) is 4.98 Å². The lowest BCUT2D eigenvalue weighted by Crippen LogP contribution is -1.95. The summed E-state index contributed by atoms with van der Waals surface area (Å²) in [5, 5.41) is 9.22. The molecule has 0 fully saturated rings. The summed E-state index contributed by atoms with van der Waals surface area (Å²) in [5.41, 5.74) is 1.88. The molecule has 0 bridgehead atoms. The number of rotatable bonds is 4. The molecule has 88 valence electrons. The van der Waals surface area contributed by atoms with Crippen LogP contribution in [0.5, 0.6) is 11.5 Å². The van der Waals surface area contributed by atoms with Crippen LogP contribution in [0.3, 0.4) is 0 Å². The molecule has 0 spiro atoms. The van der Waals surface area contributed by atoms with Gasteiger partial charge in [-0.15, -0.1) is 0 Å². The van der Waals surface area contributed by atoms with Crippen LogP contribution in [-0.2, 0) is 13.0 Å². The minimum absolute atomic E-state index is 0.0495. The molecule has 1 heterocycles. The van der Waals surface area contributed by atoms with E-state index in [9.17, 15) is 5.11 Å². The second-order valence-corrected chi connectivity index (χ2v) is 3.70. The van der Waals surface area contributed by atoms with Crippen LogP contribution < -0.4 is 4.74 Å². The summed E-state index contributed by atoms with van der Waals surface area (Å²) in [6.45, 7) is 2.03. The summed E-state index contributed by atoms with van der Waals surface area (Å²) >= 11 is 0. The molecule has 1 aromatic carbocycles. The van der Waals surface area contributed by atoms with Gasteiger partial charge in [0.05, 0.1) is 12.8 Å². The van der Waals surface area contributed by atoms with Gasteiger partial charge in [0, 0.05) is 11.8 Å². The number of para-hydroxylation sites is 1. The van der Waals surface area contributed by atoms with Crippen LogP contribution in [0.15, 0.2) is 42.7 Å². The lowest BCUT2D eigenvalue weighted by Gasteiger charge is -2.11. The number of hydrogen-bond donors (Lipinski definition) is 1. The summed E-state index contributed by atoms with van der Waals surface area (Å²) < 4.78 is 5.80. The van der Waals surface area contributed by atoms with Crippen LogP contribution in [0, 0.1) is 0 Å². The molecule has 0 aliphatic rings. The molecule has 0 saturated carbocycles. The van der Waals surface area contributed by atoms with E-state index in [-0.39, 0.29) is 6.61 Å². The van der Waals surface area contributed by atoms with E-state index in [4.69, 9.17) is 4.74 Å². The first kappa shape index (κ1) is 11.6. The van der Waals surface area contributed by atoms with Crippen molar-refractivity contribution in [3.05, 3.63) is 53.9 Å². The van der Waals surface area contributed by atoms with Crippen molar-refractivity contribution in [2.75, 3.05) is 0 Å². The number of hydrogen-bond acceptors (Lipinski definition) is 3. The Bertz CT molecular complexity index is 452.